The number of benzene rings is 2. The predicted molar refractivity (Wildman–Crippen MR) is 84.7 cm³/mol. The Morgan fingerprint density at radius 1 is 1.20 bits per heavy atom. The molecule has 0 saturated heterocycles. The number of sulfonamides is 1. The van der Waals surface area contributed by atoms with Crippen molar-refractivity contribution in [2.75, 3.05) is 11.1 Å². The van der Waals surface area contributed by atoms with Crippen molar-refractivity contribution in [2.24, 2.45) is 5.14 Å². The van der Waals surface area contributed by atoms with E-state index in [2.05, 4.69) is 21.2 Å². The van der Waals surface area contributed by atoms with Gasteiger partial charge in [0.1, 0.15) is 0 Å². The molecule has 0 bridgehead atoms. The van der Waals surface area contributed by atoms with E-state index in [0.717, 1.165) is 0 Å². The van der Waals surface area contributed by atoms with E-state index in [9.17, 15) is 8.42 Å². The molecule has 0 unspecified atom stereocenters. The van der Waals surface area contributed by atoms with Crippen molar-refractivity contribution in [3.8, 4) is 0 Å². The molecule has 0 aliphatic rings. The van der Waals surface area contributed by atoms with Gasteiger partial charge in [-0.1, -0.05) is 17.7 Å². The van der Waals surface area contributed by atoms with E-state index in [-0.39, 0.29) is 10.6 Å². The molecule has 0 aromatic heterocycles. The molecule has 0 amide bonds. The third-order valence-electron chi connectivity index (χ3n) is 2.49. The van der Waals surface area contributed by atoms with Crippen molar-refractivity contribution in [1.29, 1.82) is 0 Å². The summed E-state index contributed by atoms with van der Waals surface area (Å²) >= 11 is 9.33. The third-order valence-corrected chi connectivity index (χ3v) is 4.78. The fourth-order valence-electron chi connectivity index (χ4n) is 1.61. The molecule has 0 radical (unpaired) electrons. The van der Waals surface area contributed by atoms with Crippen LogP contribution in [0.1, 0.15) is 0 Å². The standard InChI is InChI=1S/C12H11BrClN3O2S/c13-12-10(14)2-1-3-11(12)17-8-4-7(15)5-9(6-8)20(16,18)19/h1-6,17H,15H2,(H2,16,18,19). The van der Waals surface area contributed by atoms with Gasteiger partial charge in [-0.3, -0.25) is 0 Å². The van der Waals surface area contributed by atoms with E-state index < -0.39 is 10.0 Å². The zero-order valence-corrected chi connectivity index (χ0v) is 13.3. The van der Waals surface area contributed by atoms with Gasteiger partial charge in [0, 0.05) is 11.4 Å². The van der Waals surface area contributed by atoms with Crippen LogP contribution in [0.2, 0.25) is 5.02 Å². The number of hydrogen-bond acceptors (Lipinski definition) is 4. The van der Waals surface area contributed by atoms with Crippen molar-refractivity contribution in [3.05, 3.63) is 45.9 Å². The van der Waals surface area contributed by atoms with Crippen LogP contribution in [0.3, 0.4) is 0 Å². The minimum atomic E-state index is -3.82. The predicted octanol–water partition coefficient (Wildman–Crippen LogP) is 3.08. The maximum atomic E-state index is 11.4. The molecule has 0 aliphatic carbocycles. The lowest BCUT2D eigenvalue weighted by Gasteiger charge is -2.11. The van der Waals surface area contributed by atoms with Crippen LogP contribution in [-0.4, -0.2) is 8.42 Å². The largest absolute Gasteiger partial charge is 0.399 e. The Hall–Kier alpha value is -1.28. The van der Waals surface area contributed by atoms with Gasteiger partial charge < -0.3 is 11.1 Å². The van der Waals surface area contributed by atoms with Gasteiger partial charge >= 0.3 is 0 Å². The zero-order chi connectivity index (χ0) is 14.9. The average Bonchev–Trinajstić information content (AvgIpc) is 2.33. The van der Waals surface area contributed by atoms with Gasteiger partial charge in [-0.15, -0.1) is 0 Å². The molecular weight excluding hydrogens is 366 g/mol. The molecule has 2 aromatic carbocycles. The average molecular weight is 377 g/mol. The Labute approximate surface area is 130 Å². The smallest absolute Gasteiger partial charge is 0.238 e. The van der Waals surface area contributed by atoms with Crippen LogP contribution < -0.4 is 16.2 Å². The summed E-state index contributed by atoms with van der Waals surface area (Å²) in [6.45, 7) is 0. The molecular formula is C12H11BrClN3O2S. The summed E-state index contributed by atoms with van der Waals surface area (Å²) in [5, 5.41) is 8.67. The number of hydrogen-bond donors (Lipinski definition) is 3. The molecule has 0 aliphatic heterocycles. The fourth-order valence-corrected chi connectivity index (χ4v) is 2.74. The highest BCUT2D eigenvalue weighted by Crippen LogP contribution is 2.33. The fraction of sp³-hybridized carbons (Fsp3) is 0. The quantitative estimate of drug-likeness (QED) is 0.717. The van der Waals surface area contributed by atoms with Crippen molar-refractivity contribution in [3.63, 3.8) is 0 Å². The van der Waals surface area contributed by atoms with E-state index in [1.165, 1.54) is 12.1 Å². The van der Waals surface area contributed by atoms with Gasteiger partial charge in [0.15, 0.2) is 0 Å². The Morgan fingerprint density at radius 2 is 1.90 bits per heavy atom. The minimum Gasteiger partial charge on any atom is -0.399 e. The van der Waals surface area contributed by atoms with Crippen LogP contribution in [0.15, 0.2) is 45.8 Å². The number of nitrogens with two attached hydrogens (primary N) is 2. The van der Waals surface area contributed by atoms with Crippen molar-refractivity contribution in [1.82, 2.24) is 0 Å². The van der Waals surface area contributed by atoms with Crippen LogP contribution in [-0.2, 0) is 10.0 Å². The lowest BCUT2D eigenvalue weighted by atomic mass is 10.2. The SMILES string of the molecule is Nc1cc(Nc2cccc(Cl)c2Br)cc(S(N)(=O)=O)c1. The number of anilines is 3. The molecule has 8 heteroatoms. The van der Waals surface area contributed by atoms with Crippen LogP contribution in [0.25, 0.3) is 0 Å². The van der Waals surface area contributed by atoms with Crippen molar-refractivity contribution >= 4 is 54.6 Å². The van der Waals surface area contributed by atoms with Crippen molar-refractivity contribution in [2.45, 2.75) is 4.90 Å². The molecule has 2 aromatic rings. The maximum absolute atomic E-state index is 11.4. The number of nitrogens with one attached hydrogen (secondary N) is 1. The summed E-state index contributed by atoms with van der Waals surface area (Å²) in [5.41, 5.74) is 7.15. The topological polar surface area (TPSA) is 98.2 Å². The van der Waals surface area contributed by atoms with Gasteiger partial charge in [0.25, 0.3) is 0 Å². The van der Waals surface area contributed by atoms with Gasteiger partial charge in [0.05, 0.1) is 20.1 Å². The van der Waals surface area contributed by atoms with E-state index >= 15 is 0 Å². The van der Waals surface area contributed by atoms with Crippen LogP contribution in [0.5, 0.6) is 0 Å². The van der Waals surface area contributed by atoms with Crippen LogP contribution in [0.4, 0.5) is 17.1 Å². The normalized spacial score (nSPS) is 11.3. The Bertz CT molecular complexity index is 765. The van der Waals surface area contributed by atoms with Crippen LogP contribution in [0, 0.1) is 0 Å². The summed E-state index contributed by atoms with van der Waals surface area (Å²) in [6.07, 6.45) is 0. The second-order valence-corrected chi connectivity index (χ2v) is 6.82. The highest BCUT2D eigenvalue weighted by atomic mass is 79.9. The van der Waals surface area contributed by atoms with Gasteiger partial charge in [-0.25, -0.2) is 13.6 Å². The lowest BCUT2D eigenvalue weighted by molar-refractivity contribution is 0.598. The highest BCUT2D eigenvalue weighted by Gasteiger charge is 2.11. The summed E-state index contributed by atoms with van der Waals surface area (Å²) < 4.78 is 23.4. The first-order valence-electron chi connectivity index (χ1n) is 5.42. The van der Waals surface area contributed by atoms with Gasteiger partial charge in [-0.2, -0.15) is 0 Å². The first-order chi connectivity index (χ1) is 9.27. The molecule has 2 rings (SSSR count). The second kappa shape index (κ2) is 5.61. The van der Waals surface area contributed by atoms with E-state index in [1.807, 2.05) is 0 Å². The number of nitrogen functional groups attached to an aromatic ring is 1. The van der Waals surface area contributed by atoms with Gasteiger partial charge in [0.2, 0.25) is 10.0 Å². The number of rotatable bonds is 3. The summed E-state index contributed by atoms with van der Waals surface area (Å²) in [4.78, 5) is -0.0573. The van der Waals surface area contributed by atoms with Gasteiger partial charge in [-0.05, 0) is 46.3 Å². The highest BCUT2D eigenvalue weighted by molar-refractivity contribution is 9.10. The molecule has 106 valence electrons. The lowest BCUT2D eigenvalue weighted by Crippen LogP contribution is -2.12. The minimum absolute atomic E-state index is 0.0573. The molecule has 0 saturated carbocycles. The monoisotopic (exact) mass is 375 g/mol. The molecule has 5 nitrogen and oxygen atoms in total. The molecule has 0 fully saturated rings. The van der Waals surface area contributed by atoms with E-state index in [0.29, 0.717) is 20.9 Å². The Kier molecular flexibility index (Phi) is 4.24. The number of primary sulfonamides is 1. The first-order valence-corrected chi connectivity index (χ1v) is 8.13. The zero-order valence-electron chi connectivity index (χ0n) is 10.1. The van der Waals surface area contributed by atoms with Crippen LogP contribution >= 0.6 is 27.5 Å². The molecule has 5 N–H and O–H groups in total. The molecule has 0 atom stereocenters. The first kappa shape index (κ1) is 15.1. The molecule has 0 spiro atoms. The Balaban J connectivity index is 2.44. The summed E-state index contributed by atoms with van der Waals surface area (Å²) in [7, 11) is -3.82. The third kappa shape index (κ3) is 3.43. The van der Waals surface area contributed by atoms with E-state index in [1.54, 1.807) is 24.3 Å². The Morgan fingerprint density at radius 3 is 2.55 bits per heavy atom. The molecule has 0 heterocycles. The van der Waals surface area contributed by atoms with Crippen molar-refractivity contribution < 1.29 is 8.42 Å². The van der Waals surface area contributed by atoms with E-state index in [4.69, 9.17) is 22.5 Å². The molecule has 20 heavy (non-hydrogen) atoms. The maximum Gasteiger partial charge on any atom is 0.238 e. The summed E-state index contributed by atoms with van der Waals surface area (Å²) in [5.74, 6) is 0. The second-order valence-electron chi connectivity index (χ2n) is 4.06. The number of halogens is 2. The summed E-state index contributed by atoms with van der Waals surface area (Å²) in [6, 6.07) is 9.58.